The first-order valence-corrected chi connectivity index (χ1v) is 9.20. The number of benzene rings is 2. The largest absolute Gasteiger partial charge is 0.465 e. The molecule has 0 unspecified atom stereocenters. The van der Waals surface area contributed by atoms with Crippen molar-refractivity contribution in [3.05, 3.63) is 65.7 Å². The summed E-state index contributed by atoms with van der Waals surface area (Å²) >= 11 is 1.38. The molecular weight excluding hydrogens is 366 g/mol. The van der Waals surface area contributed by atoms with Gasteiger partial charge in [-0.25, -0.2) is 4.79 Å². The van der Waals surface area contributed by atoms with Gasteiger partial charge in [-0.1, -0.05) is 30.3 Å². The van der Waals surface area contributed by atoms with Crippen molar-refractivity contribution in [3.8, 4) is 0 Å². The molecule has 2 aromatic rings. The number of amides is 1. The number of hydrogen-bond acceptors (Lipinski definition) is 6. The monoisotopic (exact) mass is 387 g/mol. The Morgan fingerprint density at radius 1 is 1.04 bits per heavy atom. The molecule has 1 N–H and O–H groups in total. The van der Waals surface area contributed by atoms with E-state index in [-0.39, 0.29) is 13.2 Å². The van der Waals surface area contributed by atoms with Gasteiger partial charge in [-0.3, -0.25) is 9.59 Å². The second kappa shape index (κ2) is 10.4. The van der Waals surface area contributed by atoms with Gasteiger partial charge >= 0.3 is 11.9 Å². The van der Waals surface area contributed by atoms with Gasteiger partial charge in [0.15, 0.2) is 6.61 Å². The number of carbonyl (C=O) groups excluding carboxylic acids is 3. The minimum Gasteiger partial charge on any atom is -0.465 e. The summed E-state index contributed by atoms with van der Waals surface area (Å²) in [5.41, 5.74) is 1.25. The van der Waals surface area contributed by atoms with Crippen LogP contribution in [0.5, 0.6) is 0 Å². The summed E-state index contributed by atoms with van der Waals surface area (Å²) in [7, 11) is 1.32. The zero-order chi connectivity index (χ0) is 19.6. The van der Waals surface area contributed by atoms with Crippen molar-refractivity contribution < 1.29 is 23.9 Å². The van der Waals surface area contributed by atoms with Crippen LogP contribution in [0.3, 0.4) is 0 Å². The minimum atomic E-state index is -0.443. The Kier molecular flexibility index (Phi) is 7.88. The molecule has 0 fully saturated rings. The quantitative estimate of drug-likeness (QED) is 0.554. The number of rotatable bonds is 8. The first-order valence-electron chi connectivity index (χ1n) is 8.32. The van der Waals surface area contributed by atoms with E-state index in [1.807, 2.05) is 30.3 Å². The molecule has 0 bridgehead atoms. The smallest absolute Gasteiger partial charge is 0.337 e. The number of ether oxygens (including phenoxy) is 2. The number of hydrogen-bond donors (Lipinski definition) is 1. The predicted octanol–water partition coefficient (Wildman–Crippen LogP) is 2.81. The van der Waals surface area contributed by atoms with Crippen molar-refractivity contribution in [1.29, 1.82) is 0 Å². The van der Waals surface area contributed by atoms with Crippen LogP contribution in [0.1, 0.15) is 22.8 Å². The summed E-state index contributed by atoms with van der Waals surface area (Å²) in [6, 6.07) is 16.2. The van der Waals surface area contributed by atoms with Gasteiger partial charge in [-0.15, -0.1) is 11.8 Å². The molecule has 2 aromatic carbocycles. The van der Waals surface area contributed by atoms with Gasteiger partial charge < -0.3 is 14.8 Å². The third-order valence-corrected chi connectivity index (χ3v) is 4.69. The van der Waals surface area contributed by atoms with Gasteiger partial charge in [0.2, 0.25) is 0 Å². The van der Waals surface area contributed by atoms with Crippen molar-refractivity contribution in [2.75, 3.05) is 13.7 Å². The molecule has 1 amide bonds. The Bertz CT molecular complexity index is 777. The van der Waals surface area contributed by atoms with Crippen molar-refractivity contribution in [1.82, 2.24) is 5.32 Å². The van der Waals surface area contributed by atoms with Crippen LogP contribution in [-0.4, -0.2) is 36.8 Å². The molecule has 0 aromatic heterocycles. The highest BCUT2D eigenvalue weighted by atomic mass is 32.2. The lowest BCUT2D eigenvalue weighted by Gasteiger charge is -2.11. The van der Waals surface area contributed by atoms with Crippen molar-refractivity contribution in [3.63, 3.8) is 0 Å². The molecule has 1 atom stereocenters. The lowest BCUT2D eigenvalue weighted by molar-refractivity contribution is -0.147. The standard InChI is InChI=1S/C20H21NO5S/c1-14(27-17-6-4-3-5-7-17)19(23)26-13-18(22)21-12-15-8-10-16(11-9-15)20(24)25-2/h3-11,14H,12-13H2,1-2H3,(H,21,22)/t14-/m0/s1. The average Bonchev–Trinajstić information content (AvgIpc) is 2.70. The molecule has 0 saturated heterocycles. The Labute approximate surface area is 162 Å². The second-order valence-electron chi connectivity index (χ2n) is 5.65. The molecule has 0 aliphatic heterocycles. The SMILES string of the molecule is COC(=O)c1ccc(CNC(=O)COC(=O)[C@H](C)Sc2ccccc2)cc1. The van der Waals surface area contributed by atoms with E-state index in [1.54, 1.807) is 31.2 Å². The van der Waals surface area contributed by atoms with Crippen LogP contribution in [0.15, 0.2) is 59.5 Å². The maximum absolute atomic E-state index is 12.0. The Balaban J connectivity index is 1.72. The molecule has 0 radical (unpaired) electrons. The molecule has 0 aliphatic rings. The normalized spacial score (nSPS) is 11.3. The molecule has 2 rings (SSSR count). The highest BCUT2D eigenvalue weighted by molar-refractivity contribution is 8.00. The number of thioether (sulfide) groups is 1. The summed E-state index contributed by atoms with van der Waals surface area (Å²) in [4.78, 5) is 36.2. The van der Waals surface area contributed by atoms with Crippen molar-refractivity contribution >= 4 is 29.6 Å². The highest BCUT2D eigenvalue weighted by Crippen LogP contribution is 2.23. The minimum absolute atomic E-state index is 0.270. The summed E-state index contributed by atoms with van der Waals surface area (Å²) < 4.78 is 9.68. The van der Waals surface area contributed by atoms with Gasteiger partial charge in [-0.05, 0) is 36.8 Å². The molecule has 0 heterocycles. The topological polar surface area (TPSA) is 81.7 Å². The van der Waals surface area contributed by atoms with E-state index in [2.05, 4.69) is 10.1 Å². The number of carbonyl (C=O) groups is 3. The third kappa shape index (κ3) is 6.79. The van der Waals surface area contributed by atoms with E-state index >= 15 is 0 Å². The lowest BCUT2D eigenvalue weighted by atomic mass is 10.1. The number of methoxy groups -OCH3 is 1. The molecular formula is C20H21NO5S. The lowest BCUT2D eigenvalue weighted by Crippen LogP contribution is -2.30. The molecule has 27 heavy (non-hydrogen) atoms. The summed E-state index contributed by atoms with van der Waals surface area (Å²) in [5.74, 6) is -1.25. The summed E-state index contributed by atoms with van der Waals surface area (Å²) in [6.45, 7) is 1.67. The van der Waals surface area contributed by atoms with E-state index in [0.717, 1.165) is 10.5 Å². The Hall–Kier alpha value is -2.80. The van der Waals surface area contributed by atoms with E-state index in [0.29, 0.717) is 5.56 Å². The zero-order valence-electron chi connectivity index (χ0n) is 15.1. The summed E-state index contributed by atoms with van der Waals surface area (Å²) in [6.07, 6.45) is 0. The second-order valence-corrected chi connectivity index (χ2v) is 7.06. The van der Waals surface area contributed by atoms with E-state index in [9.17, 15) is 14.4 Å². The maximum atomic E-state index is 12.0. The Morgan fingerprint density at radius 3 is 2.33 bits per heavy atom. The molecule has 6 nitrogen and oxygen atoms in total. The zero-order valence-corrected chi connectivity index (χ0v) is 16.0. The van der Waals surface area contributed by atoms with Crippen LogP contribution >= 0.6 is 11.8 Å². The fourth-order valence-corrected chi connectivity index (χ4v) is 3.02. The van der Waals surface area contributed by atoms with Gasteiger partial charge in [0.05, 0.1) is 12.7 Å². The molecule has 0 saturated carbocycles. The third-order valence-electron chi connectivity index (χ3n) is 3.60. The van der Waals surface area contributed by atoms with Gasteiger partial charge in [0.1, 0.15) is 5.25 Å². The number of nitrogens with one attached hydrogen (secondary N) is 1. The van der Waals surface area contributed by atoms with Crippen molar-refractivity contribution in [2.45, 2.75) is 23.6 Å². The van der Waals surface area contributed by atoms with Crippen LogP contribution in [0, 0.1) is 0 Å². The van der Waals surface area contributed by atoms with Crippen LogP contribution < -0.4 is 5.32 Å². The van der Waals surface area contributed by atoms with E-state index < -0.39 is 23.1 Å². The molecule has 0 spiro atoms. The van der Waals surface area contributed by atoms with Crippen LogP contribution in [0.25, 0.3) is 0 Å². The highest BCUT2D eigenvalue weighted by Gasteiger charge is 2.17. The maximum Gasteiger partial charge on any atom is 0.337 e. The van der Waals surface area contributed by atoms with Gasteiger partial charge in [0, 0.05) is 11.4 Å². The molecule has 142 valence electrons. The fourth-order valence-electron chi connectivity index (χ4n) is 2.13. The van der Waals surface area contributed by atoms with Crippen LogP contribution in [0.4, 0.5) is 0 Å². The van der Waals surface area contributed by atoms with Crippen LogP contribution in [-0.2, 0) is 25.6 Å². The Morgan fingerprint density at radius 2 is 1.70 bits per heavy atom. The van der Waals surface area contributed by atoms with Crippen LogP contribution in [0.2, 0.25) is 0 Å². The molecule has 0 aliphatic carbocycles. The van der Waals surface area contributed by atoms with Gasteiger partial charge in [0.25, 0.3) is 5.91 Å². The van der Waals surface area contributed by atoms with E-state index in [1.165, 1.54) is 18.9 Å². The van der Waals surface area contributed by atoms with Gasteiger partial charge in [-0.2, -0.15) is 0 Å². The predicted molar refractivity (Wildman–Crippen MR) is 102 cm³/mol. The fraction of sp³-hybridized carbons (Fsp3) is 0.250. The molecule has 7 heteroatoms. The number of esters is 2. The van der Waals surface area contributed by atoms with Crippen molar-refractivity contribution in [2.24, 2.45) is 0 Å². The first-order chi connectivity index (χ1) is 13.0. The first kappa shape index (κ1) is 20.5. The summed E-state index contributed by atoms with van der Waals surface area (Å²) in [5, 5.41) is 2.26. The van der Waals surface area contributed by atoms with E-state index in [4.69, 9.17) is 4.74 Å². The average molecular weight is 387 g/mol.